The molecule has 6 heteroatoms. The monoisotopic (exact) mass is 376 g/mol. The number of halogens is 1. The summed E-state index contributed by atoms with van der Waals surface area (Å²) in [4.78, 5) is 38.8. The second kappa shape index (κ2) is 6.70. The minimum Gasteiger partial charge on any atom is -0.322 e. The quantitative estimate of drug-likeness (QED) is 0.689. The lowest BCUT2D eigenvalue weighted by molar-refractivity contribution is 0.0924. The van der Waals surface area contributed by atoms with E-state index in [1.807, 2.05) is 0 Å². The summed E-state index contributed by atoms with van der Waals surface area (Å²) in [6.07, 6.45) is 0. The Bertz CT molecular complexity index is 1060. The zero-order valence-electron chi connectivity index (χ0n) is 14.0. The third-order valence-corrected chi connectivity index (χ3v) is 4.48. The van der Waals surface area contributed by atoms with E-state index in [2.05, 4.69) is 5.32 Å². The molecule has 3 aromatic carbocycles. The lowest BCUT2D eigenvalue weighted by Crippen LogP contribution is -2.29. The Morgan fingerprint density at radius 1 is 0.815 bits per heavy atom. The van der Waals surface area contributed by atoms with Crippen molar-refractivity contribution in [1.82, 2.24) is 0 Å². The maximum absolute atomic E-state index is 12.6. The molecule has 0 atom stereocenters. The maximum atomic E-state index is 12.6. The van der Waals surface area contributed by atoms with Crippen molar-refractivity contribution >= 4 is 40.7 Å². The highest BCUT2D eigenvalue weighted by molar-refractivity contribution is 6.34. The lowest BCUT2D eigenvalue weighted by Gasteiger charge is -2.15. The van der Waals surface area contributed by atoms with Gasteiger partial charge in [-0.1, -0.05) is 35.9 Å². The van der Waals surface area contributed by atoms with Crippen LogP contribution in [-0.4, -0.2) is 17.7 Å². The van der Waals surface area contributed by atoms with Gasteiger partial charge in [-0.2, -0.15) is 0 Å². The van der Waals surface area contributed by atoms with E-state index in [4.69, 9.17) is 11.6 Å². The zero-order chi connectivity index (χ0) is 19.0. The molecule has 0 saturated heterocycles. The van der Waals surface area contributed by atoms with Crippen molar-refractivity contribution in [2.24, 2.45) is 0 Å². The van der Waals surface area contributed by atoms with E-state index in [9.17, 15) is 14.4 Å². The van der Waals surface area contributed by atoms with Crippen LogP contribution in [0.15, 0.2) is 72.8 Å². The Morgan fingerprint density at radius 2 is 1.48 bits per heavy atom. The van der Waals surface area contributed by atoms with Gasteiger partial charge in [0.05, 0.1) is 16.8 Å². The molecule has 0 aliphatic carbocycles. The smallest absolute Gasteiger partial charge is 0.266 e. The molecule has 5 nitrogen and oxygen atoms in total. The van der Waals surface area contributed by atoms with E-state index in [0.717, 1.165) is 4.90 Å². The number of hydrogen-bond acceptors (Lipinski definition) is 3. The molecular weight excluding hydrogens is 364 g/mol. The van der Waals surface area contributed by atoms with Gasteiger partial charge < -0.3 is 5.32 Å². The average Bonchev–Trinajstić information content (AvgIpc) is 2.93. The summed E-state index contributed by atoms with van der Waals surface area (Å²) in [6, 6.07) is 19.8. The number of imide groups is 1. The van der Waals surface area contributed by atoms with Crippen LogP contribution in [0, 0.1) is 0 Å². The Labute approximate surface area is 160 Å². The minimum atomic E-state index is -0.400. The topological polar surface area (TPSA) is 66.5 Å². The Kier molecular flexibility index (Phi) is 4.22. The van der Waals surface area contributed by atoms with Crippen molar-refractivity contribution in [1.29, 1.82) is 0 Å². The number of nitrogens with one attached hydrogen (secondary N) is 1. The predicted molar refractivity (Wildman–Crippen MR) is 103 cm³/mol. The summed E-state index contributed by atoms with van der Waals surface area (Å²) in [5.74, 6) is -1.17. The molecule has 0 bridgehead atoms. The van der Waals surface area contributed by atoms with Crippen molar-refractivity contribution in [2.45, 2.75) is 0 Å². The van der Waals surface area contributed by atoms with Gasteiger partial charge in [-0.05, 0) is 48.5 Å². The molecule has 27 heavy (non-hydrogen) atoms. The number of anilines is 2. The van der Waals surface area contributed by atoms with Gasteiger partial charge in [0.25, 0.3) is 17.7 Å². The van der Waals surface area contributed by atoms with Crippen molar-refractivity contribution in [3.63, 3.8) is 0 Å². The van der Waals surface area contributed by atoms with Crippen molar-refractivity contribution < 1.29 is 14.4 Å². The molecule has 1 N–H and O–H groups in total. The second-order valence-corrected chi connectivity index (χ2v) is 6.44. The minimum absolute atomic E-state index is 0.323. The Hall–Kier alpha value is -3.44. The molecular formula is C21H13ClN2O3. The SMILES string of the molecule is O=C(Nc1cccc(Cl)c1)c1cccc(N2C(=O)c3ccccc3C2=O)c1. The molecule has 0 spiro atoms. The Morgan fingerprint density at radius 3 is 2.15 bits per heavy atom. The van der Waals surface area contributed by atoms with Crippen LogP contribution in [-0.2, 0) is 0 Å². The summed E-state index contributed by atoms with van der Waals surface area (Å²) in [6.45, 7) is 0. The molecule has 0 unspecified atom stereocenters. The highest BCUT2D eigenvalue weighted by Gasteiger charge is 2.36. The van der Waals surface area contributed by atoms with Crippen molar-refractivity contribution in [3.05, 3.63) is 94.5 Å². The first-order chi connectivity index (χ1) is 13.0. The number of fused-ring (bicyclic) bond motifs is 1. The van der Waals surface area contributed by atoms with Gasteiger partial charge in [0, 0.05) is 16.3 Å². The number of benzene rings is 3. The van der Waals surface area contributed by atoms with Crippen LogP contribution < -0.4 is 10.2 Å². The number of amides is 3. The fraction of sp³-hybridized carbons (Fsp3) is 0. The molecule has 1 aliphatic heterocycles. The van der Waals surface area contributed by atoms with Crippen LogP contribution in [0.1, 0.15) is 31.1 Å². The first-order valence-electron chi connectivity index (χ1n) is 8.19. The maximum Gasteiger partial charge on any atom is 0.266 e. The van der Waals surface area contributed by atoms with Crippen molar-refractivity contribution in [3.8, 4) is 0 Å². The van der Waals surface area contributed by atoms with Gasteiger partial charge in [0.2, 0.25) is 0 Å². The van der Waals surface area contributed by atoms with Crippen LogP contribution in [0.3, 0.4) is 0 Å². The third-order valence-electron chi connectivity index (χ3n) is 4.24. The molecule has 0 radical (unpaired) electrons. The van der Waals surface area contributed by atoms with Crippen molar-refractivity contribution in [2.75, 3.05) is 10.2 Å². The zero-order valence-corrected chi connectivity index (χ0v) is 14.7. The summed E-state index contributed by atoms with van der Waals surface area (Å²) in [7, 11) is 0. The molecule has 0 saturated carbocycles. The number of hydrogen-bond donors (Lipinski definition) is 1. The highest BCUT2D eigenvalue weighted by Crippen LogP contribution is 2.29. The van der Waals surface area contributed by atoms with Gasteiger partial charge in [0.15, 0.2) is 0 Å². The standard InChI is InChI=1S/C21H13ClN2O3/c22-14-6-4-7-15(12-14)23-19(25)13-5-3-8-16(11-13)24-20(26)17-9-1-2-10-18(17)21(24)27/h1-12H,(H,23,25). The van der Waals surface area contributed by atoms with Crippen LogP contribution in [0.4, 0.5) is 11.4 Å². The fourth-order valence-electron chi connectivity index (χ4n) is 2.98. The molecule has 4 rings (SSSR count). The van der Waals surface area contributed by atoms with E-state index < -0.39 is 11.8 Å². The van der Waals surface area contributed by atoms with Crippen LogP contribution in [0.2, 0.25) is 5.02 Å². The normalized spacial score (nSPS) is 12.9. The molecule has 1 aliphatic rings. The van der Waals surface area contributed by atoms with Gasteiger partial charge in [0.1, 0.15) is 0 Å². The number of carbonyl (C=O) groups is 3. The molecule has 3 aromatic rings. The fourth-order valence-corrected chi connectivity index (χ4v) is 3.17. The van der Waals surface area contributed by atoms with E-state index in [-0.39, 0.29) is 5.91 Å². The van der Waals surface area contributed by atoms with Gasteiger partial charge >= 0.3 is 0 Å². The molecule has 3 amide bonds. The van der Waals surface area contributed by atoms with E-state index >= 15 is 0 Å². The summed E-state index contributed by atoms with van der Waals surface area (Å²) < 4.78 is 0. The molecule has 0 aromatic heterocycles. The third kappa shape index (κ3) is 3.09. The molecule has 0 fully saturated rings. The number of rotatable bonds is 3. The summed E-state index contributed by atoms with van der Waals surface area (Å²) in [5.41, 5.74) is 1.94. The highest BCUT2D eigenvalue weighted by atomic mass is 35.5. The summed E-state index contributed by atoms with van der Waals surface area (Å²) in [5, 5.41) is 3.25. The van der Waals surface area contributed by atoms with Crippen LogP contribution in [0.25, 0.3) is 0 Å². The molecule has 1 heterocycles. The van der Waals surface area contributed by atoms with Gasteiger partial charge in [-0.25, -0.2) is 4.90 Å². The first-order valence-corrected chi connectivity index (χ1v) is 8.57. The Balaban J connectivity index is 1.63. The number of carbonyl (C=O) groups excluding carboxylic acids is 3. The lowest BCUT2D eigenvalue weighted by atomic mass is 10.1. The average molecular weight is 377 g/mol. The van der Waals surface area contributed by atoms with Gasteiger partial charge in [-0.15, -0.1) is 0 Å². The van der Waals surface area contributed by atoms with Crippen LogP contribution >= 0.6 is 11.6 Å². The first kappa shape index (κ1) is 17.0. The summed E-state index contributed by atoms with van der Waals surface area (Å²) >= 11 is 5.93. The number of nitrogens with zero attached hydrogens (tertiary/aromatic N) is 1. The second-order valence-electron chi connectivity index (χ2n) is 6.01. The predicted octanol–water partition coefficient (Wildman–Crippen LogP) is 4.39. The van der Waals surface area contributed by atoms with E-state index in [0.29, 0.717) is 33.1 Å². The van der Waals surface area contributed by atoms with Gasteiger partial charge in [-0.3, -0.25) is 14.4 Å². The molecule has 132 valence electrons. The van der Waals surface area contributed by atoms with E-state index in [1.165, 1.54) is 6.07 Å². The largest absolute Gasteiger partial charge is 0.322 e. The van der Waals surface area contributed by atoms with Crippen LogP contribution in [0.5, 0.6) is 0 Å². The van der Waals surface area contributed by atoms with E-state index in [1.54, 1.807) is 66.7 Å².